The van der Waals surface area contributed by atoms with Crippen molar-refractivity contribution < 1.29 is 13.2 Å². The van der Waals surface area contributed by atoms with Gasteiger partial charge in [-0.2, -0.15) is 0 Å². The van der Waals surface area contributed by atoms with Crippen LogP contribution in [-0.2, 0) is 10.0 Å². The van der Waals surface area contributed by atoms with Crippen molar-refractivity contribution in [3.8, 4) is 17.0 Å². The molecule has 7 nitrogen and oxygen atoms in total. The Morgan fingerprint density at radius 3 is 2.53 bits per heavy atom. The van der Waals surface area contributed by atoms with Crippen molar-refractivity contribution in [2.45, 2.75) is 38.2 Å². The lowest BCUT2D eigenvalue weighted by Gasteiger charge is -2.24. The molecule has 0 bridgehead atoms. The number of nitrogens with one attached hydrogen (secondary N) is 1. The molecule has 0 saturated carbocycles. The lowest BCUT2D eigenvalue weighted by atomic mass is 9.98. The van der Waals surface area contributed by atoms with Crippen LogP contribution >= 0.6 is 11.3 Å². The molecule has 9 heteroatoms. The highest BCUT2D eigenvalue weighted by Gasteiger charge is 2.16. The third-order valence-corrected chi connectivity index (χ3v) is 7.35. The van der Waals surface area contributed by atoms with E-state index in [2.05, 4.69) is 47.5 Å². The zero-order valence-corrected chi connectivity index (χ0v) is 21.2. The Hall–Kier alpha value is -2.72. The number of hydrogen-bond acceptors (Lipinski definition) is 7. The predicted molar refractivity (Wildman–Crippen MR) is 139 cm³/mol. The van der Waals surface area contributed by atoms with Gasteiger partial charge in [0.05, 0.1) is 22.4 Å². The minimum atomic E-state index is -3.84. The van der Waals surface area contributed by atoms with Crippen LogP contribution in [0, 0.1) is 0 Å². The number of benzene rings is 2. The van der Waals surface area contributed by atoms with Crippen LogP contribution in [-0.4, -0.2) is 44.0 Å². The Labute approximate surface area is 205 Å². The maximum atomic E-state index is 11.8. The summed E-state index contributed by atoms with van der Waals surface area (Å²) in [5, 5.41) is 11.1. The van der Waals surface area contributed by atoms with Gasteiger partial charge in [-0.25, -0.2) is 18.5 Å². The second-order valence-corrected chi connectivity index (χ2v) is 10.9. The molecule has 1 aliphatic heterocycles. The molecule has 0 aliphatic carbocycles. The number of thiazole rings is 1. The van der Waals surface area contributed by atoms with Crippen LogP contribution in [0.15, 0.2) is 58.8 Å². The monoisotopic (exact) mass is 498 g/mol. The molecule has 0 radical (unpaired) electrons. The molecular formula is C25H30N4O3S2. The number of nitrogens with two attached hydrogens (primary N) is 1. The second-order valence-electron chi connectivity index (χ2n) is 8.48. The van der Waals surface area contributed by atoms with Crippen molar-refractivity contribution in [1.82, 2.24) is 9.88 Å². The number of ether oxygens (including phenoxy) is 1. The Kier molecular flexibility index (Phi) is 7.37. The van der Waals surface area contributed by atoms with Gasteiger partial charge in [0, 0.05) is 24.0 Å². The smallest absolute Gasteiger partial charge is 0.238 e. The third-order valence-electron chi connectivity index (χ3n) is 5.68. The molecule has 1 aliphatic rings. The maximum absolute atomic E-state index is 11.8. The van der Waals surface area contributed by atoms with Gasteiger partial charge in [0.2, 0.25) is 10.0 Å². The summed E-state index contributed by atoms with van der Waals surface area (Å²) in [5.41, 5.74) is 5.02. The maximum Gasteiger partial charge on any atom is 0.238 e. The van der Waals surface area contributed by atoms with Crippen LogP contribution in [0.25, 0.3) is 16.8 Å². The molecule has 0 saturated heterocycles. The molecule has 2 aromatic carbocycles. The van der Waals surface area contributed by atoms with Crippen LogP contribution in [0.2, 0.25) is 0 Å². The van der Waals surface area contributed by atoms with Gasteiger partial charge < -0.3 is 10.1 Å². The third kappa shape index (κ3) is 5.85. The van der Waals surface area contributed by atoms with Crippen LogP contribution in [0.4, 0.5) is 10.8 Å². The van der Waals surface area contributed by atoms with E-state index >= 15 is 0 Å². The van der Waals surface area contributed by atoms with E-state index in [-0.39, 0.29) is 11.0 Å². The number of rotatable bonds is 8. The summed E-state index contributed by atoms with van der Waals surface area (Å²) in [4.78, 5) is 7.14. The van der Waals surface area contributed by atoms with E-state index in [0.717, 1.165) is 37.3 Å². The highest BCUT2D eigenvalue weighted by atomic mass is 32.2. The topological polar surface area (TPSA) is 97.6 Å². The van der Waals surface area contributed by atoms with E-state index in [1.54, 1.807) is 6.07 Å². The summed E-state index contributed by atoms with van der Waals surface area (Å²) >= 11 is 1.44. The van der Waals surface area contributed by atoms with Crippen LogP contribution < -0.4 is 15.2 Å². The second kappa shape index (κ2) is 10.3. The fourth-order valence-corrected chi connectivity index (χ4v) is 5.11. The summed E-state index contributed by atoms with van der Waals surface area (Å²) in [6.45, 7) is 9.20. The molecule has 3 N–H and O–H groups in total. The van der Waals surface area contributed by atoms with Crippen molar-refractivity contribution in [2.24, 2.45) is 5.14 Å². The van der Waals surface area contributed by atoms with E-state index in [9.17, 15) is 8.42 Å². The number of hydrogen-bond donors (Lipinski definition) is 2. The molecule has 1 aromatic heterocycles. The SMILES string of the molecule is CCN1CC=C(c2ccc(-c3csc(Nc4cc(S(N)(=O)=O)ccc4OC(C)C)n3)cc2)CC1. The lowest BCUT2D eigenvalue weighted by molar-refractivity contribution is 0.243. The minimum Gasteiger partial charge on any atom is -0.489 e. The minimum absolute atomic E-state index is 0.0116. The van der Waals surface area contributed by atoms with E-state index in [0.29, 0.717) is 16.6 Å². The molecule has 3 aromatic rings. The Balaban J connectivity index is 1.53. The molecule has 2 heterocycles. The standard InChI is InChI=1S/C25H30N4O3S2/c1-4-29-13-11-19(12-14-29)18-5-7-20(8-6-18)23-16-33-25(28-23)27-22-15-21(34(26,30)31)9-10-24(22)32-17(2)3/h5-11,15-17H,4,12-14H2,1-3H3,(H,27,28)(H2,26,30,31). The summed E-state index contributed by atoms with van der Waals surface area (Å²) in [5.74, 6) is 0.533. The number of aromatic nitrogens is 1. The number of primary sulfonamides is 1. The number of anilines is 2. The highest BCUT2D eigenvalue weighted by Crippen LogP contribution is 2.34. The summed E-state index contributed by atoms with van der Waals surface area (Å²) < 4.78 is 29.5. The van der Waals surface area contributed by atoms with Gasteiger partial charge in [0.15, 0.2) is 5.13 Å². The van der Waals surface area contributed by atoms with Crippen molar-refractivity contribution in [1.29, 1.82) is 0 Å². The molecule has 0 spiro atoms. The van der Waals surface area contributed by atoms with Gasteiger partial charge in [-0.15, -0.1) is 11.3 Å². The average Bonchev–Trinajstić information content (AvgIpc) is 3.28. The number of nitrogens with zero attached hydrogens (tertiary/aromatic N) is 2. The van der Waals surface area contributed by atoms with E-state index in [1.807, 2.05) is 19.2 Å². The molecule has 0 unspecified atom stereocenters. The first-order chi connectivity index (χ1) is 16.2. The Morgan fingerprint density at radius 2 is 1.91 bits per heavy atom. The van der Waals surface area contributed by atoms with Crippen molar-refractivity contribution in [3.05, 3.63) is 59.5 Å². The summed E-state index contributed by atoms with van der Waals surface area (Å²) in [6, 6.07) is 13.0. The van der Waals surface area contributed by atoms with Crippen molar-refractivity contribution in [2.75, 3.05) is 25.0 Å². The predicted octanol–water partition coefficient (Wildman–Crippen LogP) is 5.10. The fourth-order valence-electron chi connectivity index (χ4n) is 3.84. The van der Waals surface area contributed by atoms with Gasteiger partial charge in [0.25, 0.3) is 0 Å². The van der Waals surface area contributed by atoms with Gasteiger partial charge >= 0.3 is 0 Å². The van der Waals surface area contributed by atoms with Crippen LogP contribution in [0.3, 0.4) is 0 Å². The van der Waals surface area contributed by atoms with Gasteiger partial charge in [-0.3, -0.25) is 4.90 Å². The zero-order chi connectivity index (χ0) is 24.3. The first kappa shape index (κ1) is 24.4. The first-order valence-corrected chi connectivity index (χ1v) is 13.7. The average molecular weight is 499 g/mol. The zero-order valence-electron chi connectivity index (χ0n) is 19.6. The van der Waals surface area contributed by atoms with Gasteiger partial charge in [-0.1, -0.05) is 37.3 Å². The summed E-state index contributed by atoms with van der Waals surface area (Å²) in [6.07, 6.45) is 3.31. The van der Waals surface area contributed by atoms with Crippen LogP contribution in [0.1, 0.15) is 32.8 Å². The quantitative estimate of drug-likeness (QED) is 0.449. The summed E-state index contributed by atoms with van der Waals surface area (Å²) in [7, 11) is -3.84. The molecular weight excluding hydrogens is 468 g/mol. The molecule has 0 atom stereocenters. The lowest BCUT2D eigenvalue weighted by Crippen LogP contribution is -2.27. The first-order valence-electron chi connectivity index (χ1n) is 11.3. The molecule has 0 fully saturated rings. The number of likely N-dealkylation sites (N-methyl/N-ethyl adjacent to an activating group) is 1. The molecule has 0 amide bonds. The Morgan fingerprint density at radius 1 is 1.18 bits per heavy atom. The number of sulfonamides is 1. The van der Waals surface area contributed by atoms with E-state index in [4.69, 9.17) is 14.9 Å². The normalized spacial score (nSPS) is 14.8. The molecule has 34 heavy (non-hydrogen) atoms. The van der Waals surface area contributed by atoms with E-state index in [1.165, 1.54) is 34.6 Å². The van der Waals surface area contributed by atoms with Crippen LogP contribution in [0.5, 0.6) is 5.75 Å². The van der Waals surface area contributed by atoms with Crippen molar-refractivity contribution in [3.63, 3.8) is 0 Å². The molecule has 4 rings (SSSR count). The molecule has 180 valence electrons. The Bertz CT molecular complexity index is 1280. The van der Waals surface area contributed by atoms with Crippen molar-refractivity contribution >= 4 is 37.8 Å². The fraction of sp³-hybridized carbons (Fsp3) is 0.320. The van der Waals surface area contributed by atoms with Gasteiger partial charge in [-0.05, 0) is 56.1 Å². The van der Waals surface area contributed by atoms with Gasteiger partial charge in [0.1, 0.15) is 5.75 Å². The van der Waals surface area contributed by atoms with E-state index < -0.39 is 10.0 Å². The largest absolute Gasteiger partial charge is 0.489 e. The highest BCUT2D eigenvalue weighted by molar-refractivity contribution is 7.89.